The Hall–Kier alpha value is -4.96. The first-order valence-electron chi connectivity index (χ1n) is 17.4. The molecule has 0 saturated heterocycles. The number of hydrogen-bond acceptors (Lipinski definition) is 5. The molecule has 1 aromatic heterocycles. The number of anilines is 1. The monoisotopic (exact) mass is 683 g/mol. The van der Waals surface area contributed by atoms with Gasteiger partial charge < -0.3 is 20.1 Å². The summed E-state index contributed by atoms with van der Waals surface area (Å²) in [6.45, 7) is 20.7. The van der Waals surface area contributed by atoms with Crippen LogP contribution in [0.3, 0.4) is 0 Å². The second-order valence-corrected chi connectivity index (χ2v) is 12.2. The van der Waals surface area contributed by atoms with Gasteiger partial charge in [-0.05, 0) is 69.5 Å². The number of carbonyl (C=O) groups excluding carboxylic acids is 1. The summed E-state index contributed by atoms with van der Waals surface area (Å²) in [5, 5.41) is 13.9. The zero-order valence-corrected chi connectivity index (χ0v) is 31.6. The number of urea groups is 1. The van der Waals surface area contributed by atoms with Crippen LogP contribution in [-0.2, 0) is 14.9 Å². The third-order valence-corrected chi connectivity index (χ3v) is 7.01. The number of ether oxygens (including phenoxy) is 2. The van der Waals surface area contributed by atoms with Gasteiger partial charge in [-0.1, -0.05) is 89.6 Å². The van der Waals surface area contributed by atoms with Gasteiger partial charge in [0.05, 0.1) is 17.9 Å². The Morgan fingerprint density at radius 1 is 1.02 bits per heavy atom. The highest BCUT2D eigenvalue weighted by Crippen LogP contribution is 2.26. The molecule has 1 aliphatic heterocycles. The Bertz CT molecular complexity index is 1610. The van der Waals surface area contributed by atoms with Crippen LogP contribution in [0.5, 0.6) is 0 Å². The molecule has 2 aliphatic rings. The van der Waals surface area contributed by atoms with Gasteiger partial charge in [-0.15, -0.1) is 0 Å². The third-order valence-electron chi connectivity index (χ3n) is 7.01. The quantitative estimate of drug-likeness (QED) is 0.241. The zero-order chi connectivity index (χ0) is 36.9. The second kappa shape index (κ2) is 21.9. The van der Waals surface area contributed by atoms with E-state index in [0.717, 1.165) is 53.7 Å². The van der Waals surface area contributed by atoms with E-state index in [1.807, 2.05) is 114 Å². The minimum atomic E-state index is -0.365. The molecule has 3 N–H and O–H groups in total. The number of aryl methyl sites for hydroxylation is 1. The molecule has 4 rings (SSSR count). The number of aliphatic imine (C=N–C) groups is 2. The highest BCUT2D eigenvalue weighted by atomic mass is 16.5. The van der Waals surface area contributed by atoms with Crippen LogP contribution in [0.4, 0.5) is 10.6 Å². The van der Waals surface area contributed by atoms with Crippen LogP contribution in [-0.4, -0.2) is 54.8 Å². The minimum absolute atomic E-state index is 0.185. The molecular formula is C40H57N7O3. The molecule has 0 fully saturated rings. The van der Waals surface area contributed by atoms with Gasteiger partial charge in [0, 0.05) is 43.7 Å². The summed E-state index contributed by atoms with van der Waals surface area (Å²) in [5.74, 6) is 2.57. The maximum atomic E-state index is 13.2. The average Bonchev–Trinajstić information content (AvgIpc) is 3.37. The van der Waals surface area contributed by atoms with Crippen molar-refractivity contribution < 1.29 is 14.3 Å². The largest absolute Gasteiger partial charge is 0.460 e. The normalized spacial score (nSPS) is 19.7. The molecule has 0 atom stereocenters. The SMILES string of the molecule is CC.CCCOCC.CN=C1N=CC=C(OC2=C\C\C=C(NC(=O)Nc3cc(C(C)(C)C)nn3-c3ccc(C)cc3)/C=C/C=C/C=C/2C)CN1. The first-order chi connectivity index (χ1) is 24.0. The smallest absolute Gasteiger partial charge is 0.324 e. The van der Waals surface area contributed by atoms with Gasteiger partial charge in [0.2, 0.25) is 5.96 Å². The van der Waals surface area contributed by atoms with Crippen LogP contribution in [0.1, 0.15) is 79.5 Å². The van der Waals surface area contributed by atoms with Crippen LogP contribution >= 0.6 is 0 Å². The number of carbonyl (C=O) groups is 1. The maximum absolute atomic E-state index is 13.2. The number of allylic oxidation sites excluding steroid dienone is 9. The summed E-state index contributed by atoms with van der Waals surface area (Å²) in [5.41, 5.74) is 4.33. The Kier molecular flexibility index (Phi) is 18.0. The standard InChI is InChI=1S/C33H39N7O2.C5H12O.C2H6/c1-23-15-17-26(18-16-23)40-30(21-29(39-40)33(3,4)5)38-32(41)37-25-12-9-7-8-11-24(2)28(14-10-13-25)42-27-19-20-35-31(34-6)36-22-27;1-3-5-6-4-2;1-2/h7-9,11-21H,10,22H2,1-6H3,(H,34,36)(H2,37,38,41);3-5H2,1-2H3;1-2H3/b8-7+,12-9+,24-11+,25-13+,28-14+;;. The molecular weight excluding hydrogens is 626 g/mol. The van der Waals surface area contributed by atoms with Gasteiger partial charge in [-0.25, -0.2) is 14.5 Å². The zero-order valence-electron chi connectivity index (χ0n) is 31.6. The first-order valence-corrected chi connectivity index (χ1v) is 17.4. The van der Waals surface area contributed by atoms with Gasteiger partial charge in [-0.3, -0.25) is 10.3 Å². The van der Waals surface area contributed by atoms with Crippen molar-refractivity contribution in [2.75, 3.05) is 32.1 Å². The van der Waals surface area contributed by atoms with Crippen LogP contribution in [0.15, 0.2) is 112 Å². The number of benzene rings is 1. The van der Waals surface area contributed by atoms with Crippen LogP contribution in [0, 0.1) is 6.92 Å². The van der Waals surface area contributed by atoms with Crippen molar-refractivity contribution in [2.24, 2.45) is 9.98 Å². The predicted octanol–water partition coefficient (Wildman–Crippen LogP) is 8.85. The molecule has 10 nitrogen and oxygen atoms in total. The van der Waals surface area contributed by atoms with E-state index in [1.165, 1.54) is 0 Å². The number of guanidine groups is 1. The van der Waals surface area contributed by atoms with Gasteiger partial charge in [0.15, 0.2) is 0 Å². The van der Waals surface area contributed by atoms with Gasteiger partial charge >= 0.3 is 6.03 Å². The van der Waals surface area contributed by atoms with E-state index < -0.39 is 0 Å². The molecule has 50 heavy (non-hydrogen) atoms. The molecule has 2 aromatic rings. The fourth-order valence-corrected chi connectivity index (χ4v) is 4.34. The fraction of sp³-hybridized carbons (Fsp3) is 0.400. The van der Waals surface area contributed by atoms with E-state index in [9.17, 15) is 4.79 Å². The third kappa shape index (κ3) is 14.3. The Labute approximate surface area is 299 Å². The van der Waals surface area contributed by atoms with Gasteiger partial charge in [-0.2, -0.15) is 5.10 Å². The maximum Gasteiger partial charge on any atom is 0.324 e. The molecule has 0 spiro atoms. The molecule has 1 aliphatic carbocycles. The Morgan fingerprint density at radius 2 is 1.76 bits per heavy atom. The summed E-state index contributed by atoms with van der Waals surface area (Å²) < 4.78 is 13.0. The summed E-state index contributed by atoms with van der Waals surface area (Å²) in [4.78, 5) is 21.5. The fourth-order valence-electron chi connectivity index (χ4n) is 4.34. The molecule has 0 unspecified atom stereocenters. The molecule has 10 heteroatoms. The number of nitrogens with zero attached hydrogens (tertiary/aromatic N) is 4. The molecule has 1 aromatic carbocycles. The number of nitrogens with one attached hydrogen (secondary N) is 3. The molecule has 270 valence electrons. The van der Waals surface area contributed by atoms with Crippen molar-refractivity contribution in [3.05, 3.63) is 113 Å². The Balaban J connectivity index is 0.000000979. The lowest BCUT2D eigenvalue weighted by Gasteiger charge is -2.14. The van der Waals surface area contributed by atoms with Gasteiger partial charge in [0.1, 0.15) is 17.3 Å². The minimum Gasteiger partial charge on any atom is -0.460 e. The summed E-state index contributed by atoms with van der Waals surface area (Å²) in [6.07, 6.45) is 18.6. The molecule has 2 amide bonds. The molecule has 0 radical (unpaired) electrons. The number of hydrogen-bond donors (Lipinski definition) is 3. The highest BCUT2D eigenvalue weighted by molar-refractivity contribution is 5.92. The molecule has 0 saturated carbocycles. The second-order valence-electron chi connectivity index (χ2n) is 12.2. The first kappa shape index (κ1) is 41.2. The van der Waals surface area contributed by atoms with Crippen LogP contribution < -0.4 is 16.0 Å². The van der Waals surface area contributed by atoms with E-state index in [-0.39, 0.29) is 11.4 Å². The van der Waals surface area contributed by atoms with Gasteiger partial charge in [0.25, 0.3) is 0 Å². The topological polar surface area (TPSA) is 114 Å². The number of aromatic nitrogens is 2. The van der Waals surface area contributed by atoms with Crippen molar-refractivity contribution in [1.82, 2.24) is 20.4 Å². The number of amides is 2. The van der Waals surface area contributed by atoms with E-state index >= 15 is 0 Å². The molecule has 0 bridgehead atoms. The average molecular weight is 684 g/mol. The van der Waals surface area contributed by atoms with Crippen molar-refractivity contribution in [3.8, 4) is 5.69 Å². The van der Waals surface area contributed by atoms with E-state index in [1.54, 1.807) is 17.9 Å². The highest BCUT2D eigenvalue weighted by Gasteiger charge is 2.21. The summed E-state index contributed by atoms with van der Waals surface area (Å²) in [6, 6.07) is 9.59. The lowest BCUT2D eigenvalue weighted by Crippen LogP contribution is -2.28. The Morgan fingerprint density at radius 3 is 2.40 bits per heavy atom. The summed E-state index contributed by atoms with van der Waals surface area (Å²) in [7, 11) is 1.69. The lowest BCUT2D eigenvalue weighted by atomic mass is 9.92. The van der Waals surface area contributed by atoms with Crippen molar-refractivity contribution >= 4 is 24.0 Å². The predicted molar refractivity (Wildman–Crippen MR) is 209 cm³/mol. The summed E-state index contributed by atoms with van der Waals surface area (Å²) >= 11 is 0. The number of rotatable bonds is 8. The van der Waals surface area contributed by atoms with E-state index in [0.29, 0.717) is 30.4 Å². The lowest BCUT2D eigenvalue weighted by molar-refractivity contribution is 0.148. The van der Waals surface area contributed by atoms with Crippen molar-refractivity contribution in [3.63, 3.8) is 0 Å². The molecule has 2 heterocycles. The van der Waals surface area contributed by atoms with Crippen molar-refractivity contribution in [2.45, 2.75) is 80.6 Å². The van der Waals surface area contributed by atoms with Crippen LogP contribution in [0.25, 0.3) is 5.69 Å². The van der Waals surface area contributed by atoms with E-state index in [4.69, 9.17) is 14.6 Å². The van der Waals surface area contributed by atoms with Crippen LogP contribution in [0.2, 0.25) is 0 Å². The van der Waals surface area contributed by atoms with Crippen molar-refractivity contribution in [1.29, 1.82) is 0 Å². The van der Waals surface area contributed by atoms with E-state index in [2.05, 4.69) is 53.6 Å².